The van der Waals surface area contributed by atoms with E-state index in [1.165, 1.54) is 24.3 Å². The van der Waals surface area contributed by atoms with Gasteiger partial charge in [0.2, 0.25) is 5.95 Å². The summed E-state index contributed by atoms with van der Waals surface area (Å²) in [5.41, 5.74) is 8.66. The molecule has 5 N–H and O–H groups in total. The summed E-state index contributed by atoms with van der Waals surface area (Å²) in [5, 5.41) is 7.57. The number of halogens is 4. The molecule has 3 atom stereocenters. The van der Waals surface area contributed by atoms with Crippen LogP contribution in [0.2, 0.25) is 5.02 Å². The van der Waals surface area contributed by atoms with Gasteiger partial charge >= 0.3 is 6.18 Å². The van der Waals surface area contributed by atoms with Gasteiger partial charge in [-0.3, -0.25) is 5.32 Å². The molecule has 0 saturated heterocycles. The Morgan fingerprint density at radius 2 is 1.81 bits per heavy atom. The number of fused-ring (bicyclic) bond motifs is 1. The number of para-hydroxylation sites is 1. The number of aromatic nitrogens is 3. The number of nitrogens with zero attached hydrogens (tertiary/aromatic N) is 2. The number of rotatable bonds is 6. The maximum atomic E-state index is 13.9. The average Bonchev–Trinajstić information content (AvgIpc) is 3.28. The molecule has 6 nitrogen and oxygen atoms in total. The van der Waals surface area contributed by atoms with E-state index in [9.17, 15) is 13.2 Å². The summed E-state index contributed by atoms with van der Waals surface area (Å²) < 4.78 is 41.7. The Balaban J connectivity index is 1.31. The number of H-pyrrole nitrogens is 1. The Morgan fingerprint density at radius 1 is 1.06 bits per heavy atom. The fraction of sp³-hybridized carbons (Fsp3) is 0.308. The molecule has 188 valence electrons. The van der Waals surface area contributed by atoms with E-state index in [0.29, 0.717) is 35.2 Å². The molecule has 5 rings (SSSR count). The summed E-state index contributed by atoms with van der Waals surface area (Å²) in [7, 11) is 0. The number of alkyl halides is 3. The highest BCUT2D eigenvalue weighted by molar-refractivity contribution is 6.33. The lowest BCUT2D eigenvalue weighted by Gasteiger charge is -2.34. The van der Waals surface area contributed by atoms with E-state index in [0.717, 1.165) is 29.3 Å². The Morgan fingerprint density at radius 3 is 2.58 bits per heavy atom. The third kappa shape index (κ3) is 5.27. The lowest BCUT2D eigenvalue weighted by Crippen LogP contribution is -2.45. The summed E-state index contributed by atoms with van der Waals surface area (Å²) in [6.07, 6.45) is 1.74. The van der Waals surface area contributed by atoms with E-state index in [-0.39, 0.29) is 17.6 Å². The van der Waals surface area contributed by atoms with E-state index < -0.39 is 12.2 Å². The van der Waals surface area contributed by atoms with Crippen molar-refractivity contribution in [2.75, 3.05) is 11.1 Å². The topological polar surface area (TPSA) is 91.6 Å². The second kappa shape index (κ2) is 9.99. The standard InChI is InChI=1S/C26H26ClF3N6/c27-21-14-33-25(36-23(21)20-13-32-22-7-2-1-6-19(20)22)35-18-5-3-4-17(12-18)34-24(26(28,29)30)15-8-10-16(31)11-9-15/h1-2,6-11,13-14,17-18,24,32,34H,3-5,12,31H2,(H,33,35,36)/t17-,18+,24+/m0/s1. The number of hydrogen-bond donors (Lipinski definition) is 4. The quantitative estimate of drug-likeness (QED) is 0.221. The van der Waals surface area contributed by atoms with Crippen molar-refractivity contribution in [2.24, 2.45) is 0 Å². The smallest absolute Gasteiger partial charge is 0.399 e. The van der Waals surface area contributed by atoms with Crippen molar-refractivity contribution >= 4 is 34.1 Å². The maximum absolute atomic E-state index is 13.9. The zero-order chi connectivity index (χ0) is 25.3. The summed E-state index contributed by atoms with van der Waals surface area (Å²) in [6.45, 7) is 0. The van der Waals surface area contributed by atoms with Crippen LogP contribution in [0.25, 0.3) is 22.2 Å². The van der Waals surface area contributed by atoms with Crippen LogP contribution in [0.4, 0.5) is 24.8 Å². The fourth-order valence-corrected chi connectivity index (χ4v) is 5.04. The molecule has 0 bridgehead atoms. The highest BCUT2D eigenvalue weighted by atomic mass is 35.5. The molecule has 2 heterocycles. The van der Waals surface area contributed by atoms with Gasteiger partial charge in [-0.1, -0.05) is 41.9 Å². The predicted octanol–water partition coefficient (Wildman–Crippen LogP) is 6.48. The van der Waals surface area contributed by atoms with Crippen LogP contribution in [-0.2, 0) is 0 Å². The minimum absolute atomic E-state index is 0.0754. The first-order chi connectivity index (χ1) is 17.3. The third-order valence-electron chi connectivity index (χ3n) is 6.60. The Bertz CT molecular complexity index is 1340. The van der Waals surface area contributed by atoms with Gasteiger partial charge in [0.05, 0.1) is 16.9 Å². The molecule has 0 aliphatic heterocycles. The molecule has 1 aliphatic carbocycles. The SMILES string of the molecule is Nc1ccc([C@@H](N[C@H]2CCC[C@@H](Nc3ncc(Cl)c(-c4c[nH]c5ccccc45)n3)C2)C(F)(F)F)cc1. The Hall–Kier alpha value is -3.30. The van der Waals surface area contributed by atoms with Crippen LogP contribution >= 0.6 is 11.6 Å². The van der Waals surface area contributed by atoms with E-state index in [1.54, 1.807) is 6.20 Å². The zero-order valence-electron chi connectivity index (χ0n) is 19.3. The second-order valence-corrected chi connectivity index (χ2v) is 9.56. The molecule has 2 aromatic heterocycles. The van der Waals surface area contributed by atoms with Gasteiger partial charge in [-0.25, -0.2) is 9.97 Å². The van der Waals surface area contributed by atoms with E-state index in [1.807, 2.05) is 30.5 Å². The van der Waals surface area contributed by atoms with E-state index >= 15 is 0 Å². The molecular formula is C26H26ClF3N6. The minimum atomic E-state index is -4.43. The van der Waals surface area contributed by atoms with E-state index in [2.05, 4.69) is 25.6 Å². The van der Waals surface area contributed by atoms with Gasteiger partial charge in [-0.05, 0) is 49.4 Å². The van der Waals surface area contributed by atoms with Crippen LogP contribution in [-0.4, -0.2) is 33.2 Å². The summed E-state index contributed by atoms with van der Waals surface area (Å²) in [4.78, 5) is 12.2. The van der Waals surface area contributed by atoms with Gasteiger partial charge in [0, 0.05) is 40.4 Å². The molecule has 1 fully saturated rings. The fourth-order valence-electron chi connectivity index (χ4n) is 4.85. The highest BCUT2D eigenvalue weighted by Crippen LogP contribution is 2.36. The van der Waals surface area contributed by atoms with Crippen LogP contribution < -0.4 is 16.4 Å². The molecule has 4 aromatic rings. The lowest BCUT2D eigenvalue weighted by molar-refractivity contribution is -0.160. The van der Waals surface area contributed by atoms with E-state index in [4.69, 9.17) is 17.3 Å². The van der Waals surface area contributed by atoms with Crippen molar-refractivity contribution in [1.82, 2.24) is 20.3 Å². The van der Waals surface area contributed by atoms with Gasteiger partial charge < -0.3 is 16.0 Å². The molecule has 1 aliphatic rings. The summed E-state index contributed by atoms with van der Waals surface area (Å²) >= 11 is 6.43. The molecule has 2 aromatic carbocycles. The van der Waals surface area contributed by atoms with Crippen molar-refractivity contribution in [2.45, 2.75) is 50.0 Å². The number of hydrogen-bond acceptors (Lipinski definition) is 5. The van der Waals surface area contributed by atoms with Gasteiger partial charge in [-0.15, -0.1) is 0 Å². The molecule has 0 unspecified atom stereocenters. The van der Waals surface area contributed by atoms with Crippen LogP contribution in [0.3, 0.4) is 0 Å². The Labute approximate surface area is 211 Å². The van der Waals surface area contributed by atoms with Gasteiger partial charge in [0.15, 0.2) is 0 Å². The van der Waals surface area contributed by atoms with Crippen LogP contribution in [0.1, 0.15) is 37.3 Å². The normalized spacial score (nSPS) is 19.3. The molecule has 10 heteroatoms. The predicted molar refractivity (Wildman–Crippen MR) is 137 cm³/mol. The van der Waals surface area contributed by atoms with Gasteiger partial charge in [0.25, 0.3) is 0 Å². The van der Waals surface area contributed by atoms with Gasteiger partial charge in [-0.2, -0.15) is 13.2 Å². The molecular weight excluding hydrogens is 489 g/mol. The van der Waals surface area contributed by atoms with Crippen LogP contribution in [0.15, 0.2) is 60.9 Å². The number of benzene rings is 2. The number of nitrogens with two attached hydrogens (primary N) is 1. The molecule has 0 spiro atoms. The zero-order valence-corrected chi connectivity index (χ0v) is 20.1. The molecule has 36 heavy (non-hydrogen) atoms. The molecule has 0 amide bonds. The first kappa shape index (κ1) is 24.4. The Kier molecular flexibility index (Phi) is 6.77. The lowest BCUT2D eigenvalue weighted by atomic mass is 9.90. The number of nitrogen functional groups attached to an aromatic ring is 1. The minimum Gasteiger partial charge on any atom is -0.399 e. The monoisotopic (exact) mass is 514 g/mol. The van der Waals surface area contributed by atoms with Crippen molar-refractivity contribution in [3.05, 3.63) is 71.5 Å². The van der Waals surface area contributed by atoms with Crippen molar-refractivity contribution in [3.63, 3.8) is 0 Å². The van der Waals surface area contributed by atoms with Crippen molar-refractivity contribution in [3.8, 4) is 11.3 Å². The van der Waals surface area contributed by atoms with Crippen LogP contribution in [0, 0.1) is 0 Å². The number of aromatic amines is 1. The van der Waals surface area contributed by atoms with Gasteiger partial charge in [0.1, 0.15) is 6.04 Å². The first-order valence-electron chi connectivity index (χ1n) is 11.8. The molecule has 0 radical (unpaired) electrons. The van der Waals surface area contributed by atoms with Crippen molar-refractivity contribution < 1.29 is 13.2 Å². The summed E-state index contributed by atoms with van der Waals surface area (Å²) in [5.74, 6) is 0.399. The number of nitrogens with one attached hydrogen (secondary N) is 3. The average molecular weight is 515 g/mol. The largest absolute Gasteiger partial charge is 0.407 e. The summed E-state index contributed by atoms with van der Waals surface area (Å²) in [6, 6.07) is 11.5. The third-order valence-corrected chi connectivity index (χ3v) is 6.87. The second-order valence-electron chi connectivity index (χ2n) is 9.15. The maximum Gasteiger partial charge on any atom is 0.407 e. The highest BCUT2D eigenvalue weighted by Gasteiger charge is 2.42. The molecule has 1 saturated carbocycles. The first-order valence-corrected chi connectivity index (χ1v) is 12.2. The van der Waals surface area contributed by atoms with Crippen LogP contribution in [0.5, 0.6) is 0 Å². The van der Waals surface area contributed by atoms with Crippen molar-refractivity contribution in [1.29, 1.82) is 0 Å². The number of anilines is 2.